The average Bonchev–Trinajstić information content (AvgIpc) is 3.98. The van der Waals surface area contributed by atoms with E-state index in [9.17, 15) is 33.4 Å². The number of ketones is 1. The third-order valence-electron chi connectivity index (χ3n) is 12.5. The Bertz CT molecular complexity index is 3520. The Morgan fingerprint density at radius 3 is 1.63 bits per heavy atom. The van der Waals surface area contributed by atoms with Crippen molar-refractivity contribution in [2.45, 2.75) is 19.3 Å². The van der Waals surface area contributed by atoms with Crippen LogP contribution in [0.1, 0.15) is 60.7 Å². The molecule has 8 aromatic rings. The minimum atomic E-state index is -1.44. The van der Waals surface area contributed by atoms with Gasteiger partial charge in [0.05, 0.1) is 82.6 Å². The smallest absolute Gasteiger partial charge is 0.338 e. The van der Waals surface area contributed by atoms with Crippen LogP contribution in [-0.4, -0.2) is 110 Å². The fourth-order valence-corrected chi connectivity index (χ4v) is 8.75. The first-order valence-electron chi connectivity index (χ1n) is 24.4. The van der Waals surface area contributed by atoms with E-state index < -0.39 is 46.5 Å². The van der Waals surface area contributed by atoms with E-state index in [4.69, 9.17) is 19.2 Å². The van der Waals surface area contributed by atoms with Crippen LogP contribution in [0.25, 0.3) is 67.1 Å². The number of nitrogens with zero attached hydrogens (tertiary/aromatic N) is 4. The molecule has 6 N–H and O–H groups in total. The summed E-state index contributed by atoms with van der Waals surface area (Å²) in [6.45, 7) is 2.14. The van der Waals surface area contributed by atoms with E-state index in [-0.39, 0.29) is 40.6 Å². The van der Waals surface area contributed by atoms with Crippen LogP contribution in [0.2, 0.25) is 0 Å². The van der Waals surface area contributed by atoms with Gasteiger partial charge >= 0.3 is 11.9 Å². The first kappa shape index (κ1) is 51.8. The normalized spacial score (nSPS) is 12.6. The second-order valence-corrected chi connectivity index (χ2v) is 17.5. The molecule has 4 aromatic heterocycles. The maximum Gasteiger partial charge on any atom is 0.338 e. The van der Waals surface area contributed by atoms with Gasteiger partial charge in [0.2, 0.25) is 0 Å². The molecule has 4 aromatic carbocycles. The molecule has 0 bridgehead atoms. The lowest BCUT2D eigenvalue weighted by Gasteiger charge is -2.20. The van der Waals surface area contributed by atoms with Crippen molar-refractivity contribution in [3.8, 4) is 45.0 Å². The number of aromatic nitrogens is 6. The van der Waals surface area contributed by atoms with Crippen LogP contribution >= 0.6 is 0 Å². The van der Waals surface area contributed by atoms with Crippen molar-refractivity contribution >= 4 is 45.7 Å². The molecule has 1 aliphatic rings. The first-order valence-corrected chi connectivity index (χ1v) is 24.4. The molecule has 9 rings (SSSR count). The summed E-state index contributed by atoms with van der Waals surface area (Å²) in [5, 5.41) is 41.2. The Labute approximate surface area is 433 Å². The number of carboxylic acids is 2. The topological polar surface area (TPSA) is 244 Å². The number of amides is 1. The van der Waals surface area contributed by atoms with Gasteiger partial charge in [-0.2, -0.15) is 10.2 Å². The number of rotatable bonds is 24. The highest BCUT2D eigenvalue weighted by Gasteiger charge is 2.29. The molecule has 0 radical (unpaired) electrons. The van der Waals surface area contributed by atoms with Crippen molar-refractivity contribution in [1.82, 2.24) is 41.0 Å². The predicted octanol–water partition coefficient (Wildman–Crippen LogP) is 9.58. The van der Waals surface area contributed by atoms with Crippen molar-refractivity contribution < 1.29 is 52.4 Å². The number of carbonyl (C=O) groups is 4. The van der Waals surface area contributed by atoms with Crippen LogP contribution in [0.5, 0.6) is 0 Å². The number of nitrogens with one attached hydrogen (secondary N) is 4. The van der Waals surface area contributed by atoms with Gasteiger partial charge in [-0.3, -0.25) is 19.8 Å². The molecule has 0 saturated carbocycles. The molecule has 1 atom stereocenters. The van der Waals surface area contributed by atoms with Crippen LogP contribution < -0.4 is 10.6 Å². The molecule has 386 valence electrons. The summed E-state index contributed by atoms with van der Waals surface area (Å²) in [5.74, 6) is -5.99. The Balaban J connectivity index is 0.766. The van der Waals surface area contributed by atoms with Crippen molar-refractivity contribution in [2.24, 2.45) is 5.92 Å². The number of aromatic carboxylic acids is 2. The Morgan fingerprint density at radius 1 is 0.566 bits per heavy atom. The number of hydrogen-bond acceptors (Lipinski definition) is 12. The van der Waals surface area contributed by atoms with E-state index in [1.165, 1.54) is 30.3 Å². The van der Waals surface area contributed by atoms with Crippen molar-refractivity contribution in [1.29, 1.82) is 0 Å². The standard InChI is InChI=1S/C57H50F2N8O9/c58-43-20-18-36(30-39(43)56(70)71)46-32-41(48-50(64-66-53(48)62-46)34-12-4-1-5-13-34)52(68)38(45-17-8-3-9-22-60-45)16-10-24-74-26-28-76-29-27-75-25-11-23-61-55(69)42-33-47(37-19-21-44(59)40(31-37)57(72)73)63-54-49(42)51(65-67-54)35-14-6-2-7-15-35/h1-9,12-15,17-22,30-33,38,60H,10-11,16,23-29H2,(H,61,69)(H,70,71)(H,72,73)(H,62,64,66)(H,63,65,67). The second kappa shape index (κ2) is 24.3. The Hall–Kier alpha value is -9.04. The summed E-state index contributed by atoms with van der Waals surface area (Å²) in [6, 6.07) is 29.1. The number of Topliss-reactive ketones (excluding diaryl/α,β-unsaturated/α-hetero) is 1. The summed E-state index contributed by atoms with van der Waals surface area (Å²) < 4.78 is 46.2. The molecular formula is C57H50F2N8O9. The zero-order valence-corrected chi connectivity index (χ0v) is 40.7. The SMILES string of the molecule is O=C(O)c1cc(-c2cc(C(=O)NCCCOCCOCCOCCCC(C(=O)c3cc(-c4ccc(F)c(C(=O)O)c4)nc4n[nH]c(-c5ccccc5)c34)C3=CC=CC=CN3)c3c(-c4ccccc4)[nH]nc3n2)ccc1F. The molecule has 17 nitrogen and oxygen atoms in total. The quantitative estimate of drug-likeness (QED) is 0.0244. The summed E-state index contributed by atoms with van der Waals surface area (Å²) >= 11 is 0. The minimum Gasteiger partial charge on any atom is -0.478 e. The maximum atomic E-state index is 15.0. The van der Waals surface area contributed by atoms with Crippen molar-refractivity contribution in [3.05, 3.63) is 179 Å². The van der Waals surface area contributed by atoms with Gasteiger partial charge < -0.3 is 35.1 Å². The van der Waals surface area contributed by atoms with Gasteiger partial charge in [-0.1, -0.05) is 72.8 Å². The van der Waals surface area contributed by atoms with Crippen LogP contribution in [0, 0.1) is 17.6 Å². The molecule has 5 heterocycles. The lowest BCUT2D eigenvalue weighted by molar-refractivity contribution is 0.0133. The Morgan fingerprint density at radius 2 is 1.08 bits per heavy atom. The van der Waals surface area contributed by atoms with Gasteiger partial charge in [0.25, 0.3) is 5.91 Å². The van der Waals surface area contributed by atoms with E-state index >= 15 is 4.79 Å². The number of halogens is 2. The number of carboxylic acid groups (broad SMARTS) is 2. The molecule has 0 spiro atoms. The Kier molecular flexibility index (Phi) is 16.6. The van der Waals surface area contributed by atoms with Crippen molar-refractivity contribution in [2.75, 3.05) is 46.2 Å². The largest absolute Gasteiger partial charge is 0.478 e. The first-order chi connectivity index (χ1) is 37.0. The van der Waals surface area contributed by atoms with Gasteiger partial charge in [-0.15, -0.1) is 0 Å². The number of benzene rings is 4. The molecule has 1 unspecified atom stereocenters. The highest BCUT2D eigenvalue weighted by molar-refractivity contribution is 6.14. The number of carbonyl (C=O) groups excluding carboxylic acids is 2. The molecule has 1 amide bonds. The monoisotopic (exact) mass is 1030 g/mol. The number of H-pyrrole nitrogens is 2. The van der Waals surface area contributed by atoms with E-state index in [1.807, 2.05) is 85.0 Å². The highest BCUT2D eigenvalue weighted by Crippen LogP contribution is 2.36. The second-order valence-electron chi connectivity index (χ2n) is 17.5. The van der Waals surface area contributed by atoms with Crippen LogP contribution in [0.4, 0.5) is 8.78 Å². The van der Waals surface area contributed by atoms with E-state index in [2.05, 4.69) is 36.0 Å². The molecule has 0 saturated heterocycles. The highest BCUT2D eigenvalue weighted by atomic mass is 19.1. The lowest BCUT2D eigenvalue weighted by atomic mass is 9.87. The van der Waals surface area contributed by atoms with E-state index in [1.54, 1.807) is 12.3 Å². The van der Waals surface area contributed by atoms with Crippen LogP contribution in [-0.2, 0) is 14.2 Å². The zero-order valence-electron chi connectivity index (χ0n) is 40.7. The summed E-state index contributed by atoms with van der Waals surface area (Å²) in [6.07, 6.45) is 10.5. The number of allylic oxidation sites excluding steroid dienone is 5. The summed E-state index contributed by atoms with van der Waals surface area (Å²) in [4.78, 5) is 61.6. The van der Waals surface area contributed by atoms with Crippen molar-refractivity contribution in [3.63, 3.8) is 0 Å². The third kappa shape index (κ3) is 12.0. The molecular weight excluding hydrogens is 979 g/mol. The maximum absolute atomic E-state index is 15.0. The van der Waals surface area contributed by atoms with Gasteiger partial charge in [0.1, 0.15) is 11.6 Å². The van der Waals surface area contributed by atoms with E-state index in [0.29, 0.717) is 103 Å². The van der Waals surface area contributed by atoms with Gasteiger partial charge in [-0.25, -0.2) is 28.3 Å². The molecule has 1 aliphatic heterocycles. The number of fused-ring (bicyclic) bond motifs is 2. The number of ether oxygens (including phenoxy) is 3. The lowest BCUT2D eigenvalue weighted by Crippen LogP contribution is -2.26. The van der Waals surface area contributed by atoms with Gasteiger partial charge in [0, 0.05) is 59.5 Å². The predicted molar refractivity (Wildman–Crippen MR) is 279 cm³/mol. The van der Waals surface area contributed by atoms with Gasteiger partial charge in [0.15, 0.2) is 17.1 Å². The number of hydrogen-bond donors (Lipinski definition) is 6. The third-order valence-corrected chi connectivity index (χ3v) is 12.5. The summed E-state index contributed by atoms with van der Waals surface area (Å²) in [5.41, 5.74) is 4.44. The fraction of sp³-hybridized carbons (Fsp3) is 0.193. The zero-order chi connectivity index (χ0) is 53.0. The molecule has 19 heteroatoms. The molecule has 0 fully saturated rings. The average molecular weight is 1030 g/mol. The van der Waals surface area contributed by atoms with E-state index in [0.717, 1.165) is 23.3 Å². The minimum absolute atomic E-state index is 0.228. The number of aromatic amines is 2. The van der Waals surface area contributed by atoms with Crippen LogP contribution in [0.3, 0.4) is 0 Å². The molecule has 0 aliphatic carbocycles. The number of pyridine rings is 2. The van der Waals surface area contributed by atoms with Crippen LogP contribution in [0.15, 0.2) is 145 Å². The fourth-order valence-electron chi connectivity index (χ4n) is 8.75. The summed E-state index contributed by atoms with van der Waals surface area (Å²) in [7, 11) is 0. The molecule has 76 heavy (non-hydrogen) atoms. The van der Waals surface area contributed by atoms with Gasteiger partial charge in [-0.05, 0) is 79.9 Å².